The SMILES string of the molecule is C#CCOCCOCCOCCOCCCC(=O)OC(C)(C)C. The highest BCUT2D eigenvalue weighted by Gasteiger charge is 2.15. The fraction of sp³-hybridized carbons (Fsp3) is 0.824. The Balaban J connectivity index is 3.17. The van der Waals surface area contributed by atoms with Gasteiger partial charge in [0.15, 0.2) is 0 Å². The van der Waals surface area contributed by atoms with Crippen molar-refractivity contribution in [3.8, 4) is 12.3 Å². The lowest BCUT2D eigenvalue weighted by Gasteiger charge is -2.19. The number of rotatable bonds is 14. The van der Waals surface area contributed by atoms with Crippen molar-refractivity contribution in [1.29, 1.82) is 0 Å². The van der Waals surface area contributed by atoms with Gasteiger partial charge in [0.2, 0.25) is 0 Å². The van der Waals surface area contributed by atoms with Gasteiger partial charge in [-0.3, -0.25) is 4.79 Å². The van der Waals surface area contributed by atoms with Gasteiger partial charge in [0.05, 0.1) is 39.6 Å². The van der Waals surface area contributed by atoms with Crippen molar-refractivity contribution in [2.24, 2.45) is 0 Å². The Labute approximate surface area is 139 Å². The van der Waals surface area contributed by atoms with Gasteiger partial charge in [-0.1, -0.05) is 5.92 Å². The van der Waals surface area contributed by atoms with Crippen molar-refractivity contribution in [1.82, 2.24) is 0 Å². The maximum atomic E-state index is 11.4. The summed E-state index contributed by atoms with van der Waals surface area (Å²) in [6.45, 7) is 9.41. The van der Waals surface area contributed by atoms with E-state index in [1.165, 1.54) is 0 Å². The van der Waals surface area contributed by atoms with E-state index in [1.54, 1.807) is 0 Å². The predicted octanol–water partition coefficient (Wildman–Crippen LogP) is 1.81. The summed E-state index contributed by atoms with van der Waals surface area (Å²) in [5.41, 5.74) is -0.429. The molecule has 6 nitrogen and oxygen atoms in total. The first-order valence-corrected chi connectivity index (χ1v) is 7.92. The maximum Gasteiger partial charge on any atom is 0.306 e. The molecule has 0 aromatic carbocycles. The molecule has 0 N–H and O–H groups in total. The standard InChI is InChI=1S/C17H30O6/c1-5-8-19-10-12-21-14-15-22-13-11-20-9-6-7-16(18)23-17(2,3)4/h1H,6-15H2,2-4H3. The van der Waals surface area contributed by atoms with Crippen molar-refractivity contribution in [2.45, 2.75) is 39.2 Å². The minimum Gasteiger partial charge on any atom is -0.460 e. The van der Waals surface area contributed by atoms with Crippen LogP contribution >= 0.6 is 0 Å². The second-order valence-electron chi connectivity index (χ2n) is 5.78. The molecule has 0 saturated carbocycles. The van der Waals surface area contributed by atoms with E-state index in [4.69, 9.17) is 30.1 Å². The summed E-state index contributed by atoms with van der Waals surface area (Å²) in [6, 6.07) is 0. The molecule has 0 aromatic heterocycles. The van der Waals surface area contributed by atoms with Crippen molar-refractivity contribution in [2.75, 3.05) is 52.9 Å². The number of terminal acetylenes is 1. The molecule has 0 aliphatic rings. The van der Waals surface area contributed by atoms with Crippen molar-refractivity contribution in [3.05, 3.63) is 0 Å². The average Bonchev–Trinajstić information content (AvgIpc) is 2.46. The van der Waals surface area contributed by atoms with Gasteiger partial charge in [-0.2, -0.15) is 0 Å². The molecular formula is C17H30O6. The van der Waals surface area contributed by atoms with E-state index >= 15 is 0 Å². The monoisotopic (exact) mass is 330 g/mol. The van der Waals surface area contributed by atoms with Crippen LogP contribution in [0.1, 0.15) is 33.6 Å². The highest BCUT2D eigenvalue weighted by Crippen LogP contribution is 2.08. The molecular weight excluding hydrogens is 300 g/mol. The Morgan fingerprint density at radius 3 is 1.83 bits per heavy atom. The Bertz CT molecular complexity index is 329. The predicted molar refractivity (Wildman–Crippen MR) is 87.2 cm³/mol. The second-order valence-corrected chi connectivity index (χ2v) is 5.78. The molecule has 0 aliphatic heterocycles. The molecule has 0 bridgehead atoms. The highest BCUT2D eigenvalue weighted by molar-refractivity contribution is 5.69. The van der Waals surface area contributed by atoms with Crippen LogP contribution in [-0.2, 0) is 28.5 Å². The van der Waals surface area contributed by atoms with Crippen LogP contribution < -0.4 is 0 Å². The van der Waals surface area contributed by atoms with Gasteiger partial charge in [-0.25, -0.2) is 0 Å². The molecule has 0 aromatic rings. The summed E-state index contributed by atoms with van der Waals surface area (Å²) in [5, 5.41) is 0. The van der Waals surface area contributed by atoms with E-state index in [2.05, 4.69) is 5.92 Å². The lowest BCUT2D eigenvalue weighted by molar-refractivity contribution is -0.155. The molecule has 6 heteroatoms. The summed E-state index contributed by atoms with van der Waals surface area (Å²) in [6.07, 6.45) is 6.05. The van der Waals surface area contributed by atoms with Gasteiger partial charge in [0, 0.05) is 13.0 Å². The van der Waals surface area contributed by atoms with Crippen LogP contribution in [0.2, 0.25) is 0 Å². The molecule has 134 valence electrons. The smallest absolute Gasteiger partial charge is 0.306 e. The summed E-state index contributed by atoms with van der Waals surface area (Å²) >= 11 is 0. The summed E-state index contributed by atoms with van der Waals surface area (Å²) in [7, 11) is 0. The van der Waals surface area contributed by atoms with Crippen LogP contribution in [0.15, 0.2) is 0 Å². The third-order valence-corrected chi connectivity index (χ3v) is 2.39. The van der Waals surface area contributed by atoms with Crippen LogP contribution in [0.25, 0.3) is 0 Å². The Morgan fingerprint density at radius 2 is 1.35 bits per heavy atom. The van der Waals surface area contributed by atoms with Gasteiger partial charge in [-0.05, 0) is 27.2 Å². The van der Waals surface area contributed by atoms with E-state index in [0.717, 1.165) is 0 Å². The van der Waals surface area contributed by atoms with E-state index in [-0.39, 0.29) is 5.97 Å². The molecule has 0 saturated heterocycles. The first-order valence-electron chi connectivity index (χ1n) is 7.92. The topological polar surface area (TPSA) is 63.2 Å². The van der Waals surface area contributed by atoms with E-state index < -0.39 is 5.60 Å². The third-order valence-electron chi connectivity index (χ3n) is 2.39. The lowest BCUT2D eigenvalue weighted by Crippen LogP contribution is -2.23. The molecule has 0 amide bonds. The molecule has 0 unspecified atom stereocenters. The minimum atomic E-state index is -0.429. The Hall–Kier alpha value is -1.13. The van der Waals surface area contributed by atoms with Gasteiger partial charge in [0.25, 0.3) is 0 Å². The van der Waals surface area contributed by atoms with Crippen LogP contribution in [0, 0.1) is 12.3 Å². The molecule has 23 heavy (non-hydrogen) atoms. The van der Waals surface area contributed by atoms with E-state index in [9.17, 15) is 4.79 Å². The zero-order valence-electron chi connectivity index (χ0n) is 14.6. The van der Waals surface area contributed by atoms with Gasteiger partial charge in [0.1, 0.15) is 12.2 Å². The van der Waals surface area contributed by atoms with E-state index in [0.29, 0.717) is 65.7 Å². The van der Waals surface area contributed by atoms with Crippen molar-refractivity contribution >= 4 is 5.97 Å². The maximum absolute atomic E-state index is 11.4. The van der Waals surface area contributed by atoms with Crippen LogP contribution in [0.3, 0.4) is 0 Å². The first kappa shape index (κ1) is 21.9. The molecule has 0 heterocycles. The third kappa shape index (κ3) is 18.8. The molecule has 0 aliphatic carbocycles. The molecule has 0 fully saturated rings. The molecule has 0 spiro atoms. The Morgan fingerprint density at radius 1 is 0.870 bits per heavy atom. The number of carbonyl (C=O) groups excluding carboxylic acids is 1. The molecule has 0 rings (SSSR count). The zero-order valence-corrected chi connectivity index (χ0v) is 14.6. The lowest BCUT2D eigenvalue weighted by atomic mass is 10.2. The minimum absolute atomic E-state index is 0.194. The number of esters is 1. The van der Waals surface area contributed by atoms with Crippen LogP contribution in [0.4, 0.5) is 0 Å². The fourth-order valence-electron chi connectivity index (χ4n) is 1.50. The average molecular weight is 330 g/mol. The Kier molecular flexibility index (Phi) is 13.8. The summed E-state index contributed by atoms with van der Waals surface area (Å²) in [5.74, 6) is 2.19. The highest BCUT2D eigenvalue weighted by atomic mass is 16.6. The molecule has 0 atom stereocenters. The fourth-order valence-corrected chi connectivity index (χ4v) is 1.50. The largest absolute Gasteiger partial charge is 0.460 e. The van der Waals surface area contributed by atoms with Gasteiger partial charge in [-0.15, -0.1) is 6.42 Å². The van der Waals surface area contributed by atoms with Gasteiger partial charge < -0.3 is 23.7 Å². The number of carbonyl (C=O) groups is 1. The van der Waals surface area contributed by atoms with Crippen LogP contribution in [0.5, 0.6) is 0 Å². The number of hydrogen-bond acceptors (Lipinski definition) is 6. The zero-order chi connectivity index (χ0) is 17.4. The number of hydrogen-bond donors (Lipinski definition) is 0. The van der Waals surface area contributed by atoms with E-state index in [1.807, 2.05) is 20.8 Å². The number of ether oxygens (including phenoxy) is 5. The van der Waals surface area contributed by atoms with Crippen molar-refractivity contribution < 1.29 is 28.5 Å². The van der Waals surface area contributed by atoms with Gasteiger partial charge >= 0.3 is 5.97 Å². The summed E-state index contributed by atoms with van der Waals surface area (Å²) < 4.78 is 26.2. The quantitative estimate of drug-likeness (QED) is 0.275. The first-order chi connectivity index (χ1) is 11.0. The second kappa shape index (κ2) is 14.5. The normalized spacial score (nSPS) is 11.2. The van der Waals surface area contributed by atoms with Crippen LogP contribution in [-0.4, -0.2) is 64.4 Å². The molecule has 0 radical (unpaired) electrons. The summed E-state index contributed by atoms with van der Waals surface area (Å²) in [4.78, 5) is 11.4. The van der Waals surface area contributed by atoms with Crippen molar-refractivity contribution in [3.63, 3.8) is 0 Å².